The van der Waals surface area contributed by atoms with Crippen LogP contribution in [0, 0.1) is 23.2 Å². The summed E-state index contributed by atoms with van der Waals surface area (Å²) in [4.78, 5) is 31.5. The van der Waals surface area contributed by atoms with Gasteiger partial charge in [-0.25, -0.2) is 4.98 Å². The minimum Gasteiger partial charge on any atom is -0.497 e. The van der Waals surface area contributed by atoms with E-state index in [0.717, 1.165) is 37.8 Å². The molecule has 2 aromatic rings. The average molecular weight is 498 g/mol. The number of anilines is 1. The van der Waals surface area contributed by atoms with Gasteiger partial charge >= 0.3 is 0 Å². The SMILES string of the molecule is COc1ccc(C(=O)Nc2nc3c(s2)C[C@@]2(C)CC[C@@H]([C@H](C)C(=O)NC4CC4)[C@H](O)[C@H]2[C@@H]3C)cc1. The van der Waals surface area contributed by atoms with E-state index in [0.29, 0.717) is 22.5 Å². The first kappa shape index (κ1) is 24.3. The molecule has 188 valence electrons. The molecule has 0 aliphatic heterocycles. The number of benzene rings is 1. The number of hydrogen-bond donors (Lipinski definition) is 3. The largest absolute Gasteiger partial charge is 0.497 e. The summed E-state index contributed by atoms with van der Waals surface area (Å²) in [7, 11) is 1.59. The molecule has 3 N–H and O–H groups in total. The smallest absolute Gasteiger partial charge is 0.257 e. The molecule has 8 heteroatoms. The van der Waals surface area contributed by atoms with E-state index < -0.39 is 6.10 Å². The molecular weight excluding hydrogens is 462 g/mol. The summed E-state index contributed by atoms with van der Waals surface area (Å²) < 4.78 is 5.17. The normalized spacial score (nSPS) is 30.5. The summed E-state index contributed by atoms with van der Waals surface area (Å²) in [5.41, 5.74) is 1.46. The summed E-state index contributed by atoms with van der Waals surface area (Å²) >= 11 is 1.54. The molecule has 1 aromatic carbocycles. The lowest BCUT2D eigenvalue weighted by molar-refractivity contribution is -0.134. The lowest BCUT2D eigenvalue weighted by Crippen LogP contribution is -2.53. The van der Waals surface area contributed by atoms with Gasteiger partial charge in [-0.2, -0.15) is 0 Å². The number of hydrogen-bond acceptors (Lipinski definition) is 6. The summed E-state index contributed by atoms with van der Waals surface area (Å²) in [6, 6.07) is 7.32. The van der Waals surface area contributed by atoms with Crippen molar-refractivity contribution in [1.82, 2.24) is 10.3 Å². The van der Waals surface area contributed by atoms with Gasteiger partial charge in [0.2, 0.25) is 5.91 Å². The number of amides is 2. The minimum atomic E-state index is -0.559. The Morgan fingerprint density at radius 2 is 1.94 bits per heavy atom. The van der Waals surface area contributed by atoms with Gasteiger partial charge in [0, 0.05) is 28.3 Å². The fraction of sp³-hybridized carbons (Fsp3) is 0.593. The quantitative estimate of drug-likeness (QED) is 0.550. The van der Waals surface area contributed by atoms with Crippen LogP contribution < -0.4 is 15.4 Å². The third-order valence-electron chi connectivity index (χ3n) is 8.47. The summed E-state index contributed by atoms with van der Waals surface area (Å²) in [5.74, 6) is 0.377. The molecule has 2 fully saturated rings. The second-order valence-electron chi connectivity index (χ2n) is 10.9. The topological polar surface area (TPSA) is 101 Å². The van der Waals surface area contributed by atoms with E-state index >= 15 is 0 Å². The van der Waals surface area contributed by atoms with Gasteiger partial charge in [-0.05, 0) is 73.6 Å². The third kappa shape index (κ3) is 4.58. The van der Waals surface area contributed by atoms with Gasteiger partial charge in [0.05, 0.1) is 18.9 Å². The zero-order chi connectivity index (χ0) is 24.9. The van der Waals surface area contributed by atoms with Crippen LogP contribution in [0.15, 0.2) is 24.3 Å². The number of methoxy groups -OCH3 is 1. The van der Waals surface area contributed by atoms with Gasteiger partial charge in [-0.1, -0.05) is 20.8 Å². The van der Waals surface area contributed by atoms with E-state index in [1.807, 2.05) is 6.92 Å². The highest BCUT2D eigenvalue weighted by molar-refractivity contribution is 7.15. The van der Waals surface area contributed by atoms with Crippen LogP contribution in [0.3, 0.4) is 0 Å². The third-order valence-corrected chi connectivity index (χ3v) is 9.46. The molecule has 2 saturated carbocycles. The van der Waals surface area contributed by atoms with Crippen molar-refractivity contribution in [2.45, 2.75) is 70.9 Å². The number of carbonyl (C=O) groups is 2. The molecule has 0 unspecified atom stereocenters. The second-order valence-corrected chi connectivity index (χ2v) is 12.0. The van der Waals surface area contributed by atoms with Gasteiger partial charge in [0.25, 0.3) is 5.91 Å². The fourth-order valence-electron chi connectivity index (χ4n) is 6.27. The number of ether oxygens (including phenoxy) is 1. The predicted molar refractivity (Wildman–Crippen MR) is 136 cm³/mol. The standard InChI is InChI=1S/C27H35N3O4S/c1-14(24(32)28-17-7-8-17)19-11-12-27(3)13-20-22(15(2)21(27)23(19)31)29-26(35-20)30-25(33)16-5-9-18(34-4)10-6-16/h5-6,9-10,14-15,17,19,21,23,31H,7-8,11-13H2,1-4H3,(H,28,32)(H,29,30,33)/t14-,15-,19-,21+,23-,27+/m0/s1. The molecule has 7 nitrogen and oxygen atoms in total. The van der Waals surface area contributed by atoms with E-state index in [9.17, 15) is 14.7 Å². The van der Waals surface area contributed by atoms with E-state index in [2.05, 4.69) is 24.5 Å². The molecule has 1 aromatic heterocycles. The minimum absolute atomic E-state index is 0.0252. The predicted octanol–water partition coefficient (Wildman–Crippen LogP) is 4.37. The Balaban J connectivity index is 1.33. The molecular formula is C27H35N3O4S. The zero-order valence-electron chi connectivity index (χ0n) is 20.8. The van der Waals surface area contributed by atoms with Gasteiger partial charge in [0.1, 0.15) is 5.75 Å². The monoisotopic (exact) mass is 497 g/mol. The molecule has 0 saturated heterocycles. The number of thiazole rings is 1. The van der Waals surface area contributed by atoms with Crippen LogP contribution in [-0.4, -0.2) is 41.2 Å². The molecule has 1 heterocycles. The number of aliphatic hydroxyl groups excluding tert-OH is 1. The zero-order valence-corrected chi connectivity index (χ0v) is 21.7. The molecule has 0 radical (unpaired) electrons. The van der Waals surface area contributed by atoms with Crippen molar-refractivity contribution in [2.75, 3.05) is 12.4 Å². The number of aromatic nitrogens is 1. The number of carbonyl (C=O) groups excluding carboxylic acids is 2. The van der Waals surface area contributed by atoms with Gasteiger partial charge < -0.3 is 15.2 Å². The maximum absolute atomic E-state index is 12.8. The molecule has 2 amide bonds. The summed E-state index contributed by atoms with van der Waals surface area (Å²) in [6.07, 6.45) is 4.21. The van der Waals surface area contributed by atoms with Crippen molar-refractivity contribution in [3.63, 3.8) is 0 Å². The lowest BCUT2D eigenvalue weighted by Gasteiger charge is -2.53. The van der Waals surface area contributed by atoms with Gasteiger partial charge in [-0.15, -0.1) is 11.3 Å². The Morgan fingerprint density at radius 1 is 1.23 bits per heavy atom. The number of fused-ring (bicyclic) bond motifs is 2. The average Bonchev–Trinajstić information content (AvgIpc) is 3.56. The Bertz CT molecular complexity index is 1110. The molecule has 35 heavy (non-hydrogen) atoms. The van der Waals surface area contributed by atoms with Crippen LogP contribution in [0.25, 0.3) is 0 Å². The first-order chi connectivity index (χ1) is 16.7. The Labute approximate surface area is 210 Å². The van der Waals surface area contributed by atoms with Crippen LogP contribution in [0.5, 0.6) is 5.75 Å². The van der Waals surface area contributed by atoms with E-state index in [1.54, 1.807) is 31.4 Å². The van der Waals surface area contributed by atoms with Crippen molar-refractivity contribution in [3.05, 3.63) is 40.4 Å². The molecule has 0 spiro atoms. The lowest BCUT2D eigenvalue weighted by atomic mass is 9.53. The van der Waals surface area contributed by atoms with Crippen molar-refractivity contribution >= 4 is 28.3 Å². The molecule has 6 atom stereocenters. The van der Waals surface area contributed by atoms with Gasteiger partial charge in [-0.3, -0.25) is 14.9 Å². The summed E-state index contributed by atoms with van der Waals surface area (Å²) in [5, 5.41) is 18.2. The maximum Gasteiger partial charge on any atom is 0.257 e. The first-order valence-corrected chi connectivity index (χ1v) is 13.5. The van der Waals surface area contributed by atoms with Crippen molar-refractivity contribution in [3.8, 4) is 5.75 Å². The van der Waals surface area contributed by atoms with Crippen LogP contribution in [-0.2, 0) is 11.2 Å². The van der Waals surface area contributed by atoms with E-state index in [4.69, 9.17) is 9.72 Å². The number of nitrogens with one attached hydrogen (secondary N) is 2. The fourth-order valence-corrected chi connectivity index (χ4v) is 7.53. The van der Waals surface area contributed by atoms with Crippen molar-refractivity contribution in [2.24, 2.45) is 23.2 Å². The highest BCUT2D eigenvalue weighted by Crippen LogP contribution is 2.57. The van der Waals surface area contributed by atoms with Crippen LogP contribution in [0.2, 0.25) is 0 Å². The van der Waals surface area contributed by atoms with Crippen LogP contribution in [0.1, 0.15) is 73.3 Å². The van der Waals surface area contributed by atoms with Gasteiger partial charge in [0.15, 0.2) is 5.13 Å². The second kappa shape index (κ2) is 9.21. The first-order valence-electron chi connectivity index (χ1n) is 12.6. The molecule has 5 rings (SSSR count). The Morgan fingerprint density at radius 3 is 2.60 bits per heavy atom. The van der Waals surface area contributed by atoms with Crippen LogP contribution in [0.4, 0.5) is 5.13 Å². The number of nitrogens with zero attached hydrogens (tertiary/aromatic N) is 1. The molecule has 0 bridgehead atoms. The number of aliphatic hydroxyl groups is 1. The highest BCUT2D eigenvalue weighted by Gasteiger charge is 2.54. The van der Waals surface area contributed by atoms with Crippen molar-refractivity contribution in [1.29, 1.82) is 0 Å². The van der Waals surface area contributed by atoms with Crippen LogP contribution >= 0.6 is 11.3 Å². The van der Waals surface area contributed by atoms with E-state index in [-0.39, 0.29) is 40.9 Å². The molecule has 3 aliphatic rings. The molecule has 3 aliphatic carbocycles. The van der Waals surface area contributed by atoms with Crippen molar-refractivity contribution < 1.29 is 19.4 Å². The highest BCUT2D eigenvalue weighted by atomic mass is 32.1. The maximum atomic E-state index is 12.8. The van der Waals surface area contributed by atoms with E-state index in [1.165, 1.54) is 16.2 Å². The summed E-state index contributed by atoms with van der Waals surface area (Å²) in [6.45, 7) is 6.36. The Kier molecular flexibility index (Phi) is 6.38. The Hall–Kier alpha value is -2.45. The number of rotatable bonds is 6.